The van der Waals surface area contributed by atoms with Crippen molar-refractivity contribution in [3.63, 3.8) is 0 Å². The molecule has 0 bridgehead atoms. The van der Waals surface area contributed by atoms with Crippen LogP contribution in [0.25, 0.3) is 11.0 Å². The highest BCUT2D eigenvalue weighted by molar-refractivity contribution is 5.86. The minimum absolute atomic E-state index is 0.0327. The number of aliphatic hydroxyl groups excluding tert-OH is 1. The second-order valence-electron chi connectivity index (χ2n) is 10.1. The summed E-state index contributed by atoms with van der Waals surface area (Å²) in [5.41, 5.74) is 9.64. The summed E-state index contributed by atoms with van der Waals surface area (Å²) in [5.74, 6) is 1.71. The molecule has 0 aliphatic carbocycles. The van der Waals surface area contributed by atoms with Gasteiger partial charge >= 0.3 is 0 Å². The fourth-order valence-electron chi connectivity index (χ4n) is 4.95. The molecule has 10 heteroatoms. The van der Waals surface area contributed by atoms with Crippen molar-refractivity contribution in [2.45, 2.75) is 65.2 Å². The molecule has 10 nitrogen and oxygen atoms in total. The molecule has 3 aromatic rings. The van der Waals surface area contributed by atoms with Crippen LogP contribution in [-0.4, -0.2) is 81.7 Å². The zero-order valence-electron chi connectivity index (χ0n) is 22.7. The van der Waals surface area contributed by atoms with Crippen molar-refractivity contribution in [3.05, 3.63) is 35.5 Å². The van der Waals surface area contributed by atoms with E-state index in [9.17, 15) is 5.11 Å². The van der Waals surface area contributed by atoms with Crippen molar-refractivity contribution in [2.24, 2.45) is 0 Å². The van der Waals surface area contributed by atoms with Gasteiger partial charge in [0.15, 0.2) is 11.3 Å². The molecule has 0 amide bonds. The predicted octanol–water partition coefficient (Wildman–Crippen LogP) is 2.64. The fraction of sp³-hybridized carbons (Fsp3) is 0.593. The monoisotopic (exact) mass is 510 g/mol. The molecule has 202 valence electrons. The van der Waals surface area contributed by atoms with Crippen LogP contribution in [0.3, 0.4) is 0 Å². The third-order valence-corrected chi connectivity index (χ3v) is 7.09. The number of fused-ring (bicyclic) bond motifs is 1. The van der Waals surface area contributed by atoms with Crippen molar-refractivity contribution in [2.75, 3.05) is 50.5 Å². The second kappa shape index (κ2) is 12.5. The van der Waals surface area contributed by atoms with Gasteiger partial charge in [-0.3, -0.25) is 9.58 Å². The predicted molar refractivity (Wildman–Crippen MR) is 148 cm³/mol. The van der Waals surface area contributed by atoms with E-state index in [0.29, 0.717) is 42.0 Å². The van der Waals surface area contributed by atoms with E-state index in [0.717, 1.165) is 50.3 Å². The van der Waals surface area contributed by atoms with E-state index in [-0.39, 0.29) is 12.6 Å². The Morgan fingerprint density at radius 3 is 2.81 bits per heavy atom. The van der Waals surface area contributed by atoms with Crippen molar-refractivity contribution in [3.8, 4) is 5.75 Å². The largest absolute Gasteiger partial charge is 0.496 e. The van der Waals surface area contributed by atoms with Gasteiger partial charge in [0.05, 0.1) is 26.5 Å². The second-order valence-corrected chi connectivity index (χ2v) is 10.1. The number of aliphatic hydroxyl groups is 1. The molecule has 1 aromatic carbocycles. The summed E-state index contributed by atoms with van der Waals surface area (Å²) in [7, 11) is 1.71. The molecule has 37 heavy (non-hydrogen) atoms. The highest BCUT2D eigenvalue weighted by Crippen LogP contribution is 2.26. The molecule has 0 spiro atoms. The van der Waals surface area contributed by atoms with Crippen LogP contribution in [0.2, 0.25) is 0 Å². The summed E-state index contributed by atoms with van der Waals surface area (Å²) in [5, 5.41) is 18.1. The minimum atomic E-state index is 0.0327. The Morgan fingerprint density at radius 1 is 1.27 bits per heavy atom. The number of rotatable bonds is 13. The van der Waals surface area contributed by atoms with Gasteiger partial charge in [0.1, 0.15) is 11.3 Å². The number of methoxy groups -OCH3 is 1. The Morgan fingerprint density at radius 2 is 2.11 bits per heavy atom. The van der Waals surface area contributed by atoms with Gasteiger partial charge in [0.2, 0.25) is 5.95 Å². The first-order valence-corrected chi connectivity index (χ1v) is 13.4. The molecule has 1 aliphatic heterocycles. The number of unbranched alkanes of at least 4 members (excludes halogenated alkanes) is 1. The van der Waals surface area contributed by atoms with E-state index < -0.39 is 0 Å². The Kier molecular flexibility index (Phi) is 9.18. The molecule has 3 heterocycles. The Labute approximate surface area is 219 Å². The number of ether oxygens (including phenoxy) is 1. The first-order valence-electron chi connectivity index (χ1n) is 13.4. The highest BCUT2D eigenvalue weighted by atomic mass is 16.5. The molecule has 0 radical (unpaired) electrons. The number of nitrogens with one attached hydrogen (secondary N) is 1. The van der Waals surface area contributed by atoms with Gasteiger partial charge in [-0.1, -0.05) is 25.5 Å². The third-order valence-electron chi connectivity index (χ3n) is 7.09. The lowest BCUT2D eigenvalue weighted by atomic mass is 10.1. The van der Waals surface area contributed by atoms with E-state index in [1.807, 2.05) is 15.8 Å². The normalized spacial score (nSPS) is 16.2. The smallest absolute Gasteiger partial charge is 0.222 e. The summed E-state index contributed by atoms with van der Waals surface area (Å²) in [6.45, 7) is 11.5. The number of nitrogen functional groups attached to an aromatic ring is 1. The molecular formula is C27H42N8O2. The molecule has 1 saturated heterocycles. The van der Waals surface area contributed by atoms with Gasteiger partial charge in [-0.05, 0) is 44.9 Å². The number of nitrogens with two attached hydrogens (primary N) is 1. The van der Waals surface area contributed by atoms with E-state index in [1.165, 1.54) is 12.0 Å². The molecule has 1 fully saturated rings. The van der Waals surface area contributed by atoms with Gasteiger partial charge in [0.25, 0.3) is 0 Å². The third kappa shape index (κ3) is 6.68. The molecule has 1 atom stereocenters. The van der Waals surface area contributed by atoms with Crippen molar-refractivity contribution in [1.82, 2.24) is 30.0 Å². The molecule has 1 aliphatic rings. The lowest BCUT2D eigenvalue weighted by molar-refractivity contribution is 0.268. The summed E-state index contributed by atoms with van der Waals surface area (Å²) in [6.07, 6.45) is 5.11. The zero-order valence-corrected chi connectivity index (χ0v) is 22.7. The first-order chi connectivity index (χ1) is 17.9. The van der Waals surface area contributed by atoms with Crippen LogP contribution in [-0.2, 0) is 13.1 Å². The number of anilines is 2. The van der Waals surface area contributed by atoms with Gasteiger partial charge in [0, 0.05) is 43.8 Å². The summed E-state index contributed by atoms with van der Waals surface area (Å²) in [6, 6.07) is 7.49. The van der Waals surface area contributed by atoms with Crippen LogP contribution in [0.4, 0.5) is 11.8 Å². The summed E-state index contributed by atoms with van der Waals surface area (Å²) in [4.78, 5) is 13.4. The number of nitrogens with zero attached hydrogens (tertiary/aromatic N) is 6. The van der Waals surface area contributed by atoms with Crippen molar-refractivity contribution < 1.29 is 9.84 Å². The Hall–Kier alpha value is -2.95. The van der Waals surface area contributed by atoms with Crippen LogP contribution in [0.1, 0.15) is 51.2 Å². The van der Waals surface area contributed by atoms with Crippen LogP contribution >= 0.6 is 0 Å². The SMILES string of the molecule is CCCCN(CCO)c1nc(N)nc2cn(Cc3ccc(CN[C@H]4CCN(C(C)C)C4)cc3OC)nc12. The number of benzene rings is 1. The number of aromatic nitrogens is 4. The average molecular weight is 511 g/mol. The number of hydrogen-bond acceptors (Lipinski definition) is 9. The first kappa shape index (κ1) is 27.1. The topological polar surface area (TPSA) is 118 Å². The van der Waals surface area contributed by atoms with Crippen LogP contribution in [0.15, 0.2) is 24.4 Å². The standard InChI is InChI=1S/C27H42N8O2/c1-5-6-10-33(12-13-36)26-25-23(30-27(28)31-26)18-35(32-25)16-21-8-7-20(14-24(21)37-4)15-29-22-9-11-34(17-22)19(2)3/h7-8,14,18-19,22,29,36H,5-6,9-13,15-17H2,1-4H3,(H2,28,30)/t22-/m0/s1. The zero-order chi connectivity index (χ0) is 26.4. The van der Waals surface area contributed by atoms with Crippen molar-refractivity contribution in [1.29, 1.82) is 0 Å². The highest BCUT2D eigenvalue weighted by Gasteiger charge is 2.23. The van der Waals surface area contributed by atoms with Crippen molar-refractivity contribution >= 4 is 22.8 Å². The molecule has 0 saturated carbocycles. The van der Waals surface area contributed by atoms with Crippen LogP contribution < -0.4 is 20.7 Å². The van der Waals surface area contributed by atoms with Gasteiger partial charge < -0.3 is 25.8 Å². The molecule has 4 rings (SSSR count). The Balaban J connectivity index is 1.49. The quantitative estimate of drug-likeness (QED) is 0.319. The van der Waals surface area contributed by atoms with Gasteiger partial charge in [-0.15, -0.1) is 0 Å². The number of likely N-dealkylation sites (tertiary alicyclic amines) is 1. The molecule has 0 unspecified atom stereocenters. The lowest BCUT2D eigenvalue weighted by Crippen LogP contribution is -2.34. The van der Waals surface area contributed by atoms with Gasteiger partial charge in [-0.25, -0.2) is 4.98 Å². The van der Waals surface area contributed by atoms with E-state index in [2.05, 4.69) is 59.2 Å². The molecule has 4 N–H and O–H groups in total. The number of hydrogen-bond donors (Lipinski definition) is 3. The fourth-order valence-corrected chi connectivity index (χ4v) is 4.95. The lowest BCUT2D eigenvalue weighted by Gasteiger charge is -2.22. The van der Waals surface area contributed by atoms with Crippen LogP contribution in [0.5, 0.6) is 5.75 Å². The van der Waals surface area contributed by atoms with E-state index in [4.69, 9.17) is 15.6 Å². The summed E-state index contributed by atoms with van der Waals surface area (Å²) >= 11 is 0. The molecular weight excluding hydrogens is 468 g/mol. The average Bonchev–Trinajstić information content (AvgIpc) is 3.52. The summed E-state index contributed by atoms with van der Waals surface area (Å²) < 4.78 is 7.60. The van der Waals surface area contributed by atoms with Gasteiger partial charge in [-0.2, -0.15) is 10.1 Å². The van der Waals surface area contributed by atoms with Crippen LogP contribution in [0, 0.1) is 0 Å². The Bertz CT molecular complexity index is 1160. The van der Waals surface area contributed by atoms with E-state index >= 15 is 0 Å². The van der Waals surface area contributed by atoms with E-state index in [1.54, 1.807) is 7.11 Å². The minimum Gasteiger partial charge on any atom is -0.496 e. The maximum atomic E-state index is 9.59. The molecule has 2 aromatic heterocycles. The maximum Gasteiger partial charge on any atom is 0.222 e. The maximum absolute atomic E-state index is 9.59.